The Kier molecular flexibility index (Phi) is 2.75. The largest absolute Gasteiger partial charge is 0.417 e. The molecule has 0 aliphatic carbocycles. The fourth-order valence-corrected chi connectivity index (χ4v) is 1.67. The molecule has 0 amide bonds. The standard InChI is InChI=1S/C11H12N4O2/c1-15(4-2-3-12)9-6-8-10(5-7(9)13)17-11(16)14-8/h5-6H,2,4,13H2,1H3,(H,14,16). The maximum atomic E-state index is 11.0. The number of benzene rings is 1. The number of nitrogens with two attached hydrogens (primary N) is 1. The number of fused-ring (bicyclic) bond motifs is 1. The van der Waals surface area contributed by atoms with Gasteiger partial charge in [0, 0.05) is 19.7 Å². The van der Waals surface area contributed by atoms with Crippen molar-refractivity contribution < 1.29 is 4.42 Å². The van der Waals surface area contributed by atoms with Crippen LogP contribution in [0.1, 0.15) is 6.42 Å². The highest BCUT2D eigenvalue weighted by molar-refractivity contribution is 5.85. The van der Waals surface area contributed by atoms with Crippen LogP contribution in [0.3, 0.4) is 0 Å². The lowest BCUT2D eigenvalue weighted by Crippen LogP contribution is -2.19. The fraction of sp³-hybridized carbons (Fsp3) is 0.273. The molecule has 6 nitrogen and oxygen atoms in total. The molecule has 88 valence electrons. The summed E-state index contributed by atoms with van der Waals surface area (Å²) in [6, 6.07) is 5.42. The summed E-state index contributed by atoms with van der Waals surface area (Å²) < 4.78 is 4.90. The van der Waals surface area contributed by atoms with Crippen LogP contribution in [-0.2, 0) is 0 Å². The molecule has 3 N–H and O–H groups in total. The molecule has 0 radical (unpaired) electrons. The predicted molar refractivity (Wildman–Crippen MR) is 64.7 cm³/mol. The van der Waals surface area contributed by atoms with Crippen LogP contribution in [0.15, 0.2) is 21.3 Å². The monoisotopic (exact) mass is 232 g/mol. The molecule has 1 aromatic heterocycles. The minimum Gasteiger partial charge on any atom is -0.408 e. The molecule has 0 spiro atoms. The molecule has 6 heteroatoms. The number of aromatic amines is 1. The zero-order valence-corrected chi connectivity index (χ0v) is 9.36. The number of nitrogens with one attached hydrogen (secondary N) is 1. The van der Waals surface area contributed by atoms with E-state index in [0.717, 1.165) is 5.69 Å². The first-order valence-electron chi connectivity index (χ1n) is 5.12. The number of nitriles is 1. The van der Waals surface area contributed by atoms with Gasteiger partial charge in [0.15, 0.2) is 5.58 Å². The second kappa shape index (κ2) is 4.22. The normalized spacial score (nSPS) is 10.4. The first kappa shape index (κ1) is 11.1. The van der Waals surface area contributed by atoms with E-state index >= 15 is 0 Å². The maximum absolute atomic E-state index is 11.0. The summed E-state index contributed by atoms with van der Waals surface area (Å²) in [6.45, 7) is 0.578. The van der Waals surface area contributed by atoms with E-state index in [9.17, 15) is 4.79 Å². The molecule has 1 aromatic carbocycles. The second-order valence-corrected chi connectivity index (χ2v) is 3.75. The molecule has 0 aliphatic heterocycles. The highest BCUT2D eigenvalue weighted by Crippen LogP contribution is 2.27. The van der Waals surface area contributed by atoms with Gasteiger partial charge >= 0.3 is 5.76 Å². The Morgan fingerprint density at radius 3 is 3.06 bits per heavy atom. The molecule has 17 heavy (non-hydrogen) atoms. The number of oxazole rings is 1. The van der Waals surface area contributed by atoms with Crippen molar-refractivity contribution in [2.75, 3.05) is 24.2 Å². The lowest BCUT2D eigenvalue weighted by molar-refractivity contribution is 0.555. The van der Waals surface area contributed by atoms with E-state index in [-0.39, 0.29) is 0 Å². The number of hydrogen-bond donors (Lipinski definition) is 2. The van der Waals surface area contributed by atoms with Crippen molar-refractivity contribution in [2.24, 2.45) is 0 Å². The van der Waals surface area contributed by atoms with Gasteiger partial charge in [0.1, 0.15) is 0 Å². The van der Waals surface area contributed by atoms with Gasteiger partial charge in [-0.3, -0.25) is 4.98 Å². The third kappa shape index (κ3) is 2.08. The third-order valence-corrected chi connectivity index (χ3v) is 2.54. The van der Waals surface area contributed by atoms with Crippen molar-refractivity contribution in [1.82, 2.24) is 4.98 Å². The zero-order chi connectivity index (χ0) is 12.4. The van der Waals surface area contributed by atoms with E-state index < -0.39 is 5.76 Å². The van der Waals surface area contributed by atoms with Gasteiger partial charge in [-0.2, -0.15) is 5.26 Å². The number of nitrogen functional groups attached to an aromatic ring is 1. The van der Waals surface area contributed by atoms with Crippen molar-refractivity contribution in [3.63, 3.8) is 0 Å². The van der Waals surface area contributed by atoms with Gasteiger partial charge < -0.3 is 15.1 Å². The van der Waals surface area contributed by atoms with Crippen molar-refractivity contribution in [2.45, 2.75) is 6.42 Å². The summed E-state index contributed by atoms with van der Waals surface area (Å²) in [4.78, 5) is 15.5. The van der Waals surface area contributed by atoms with E-state index in [1.807, 2.05) is 11.9 Å². The minimum absolute atomic E-state index is 0.413. The third-order valence-electron chi connectivity index (χ3n) is 2.54. The topological polar surface area (TPSA) is 99.0 Å². The van der Waals surface area contributed by atoms with Crippen LogP contribution >= 0.6 is 0 Å². The Labute approximate surface area is 97.2 Å². The van der Waals surface area contributed by atoms with Gasteiger partial charge in [-0.15, -0.1) is 0 Å². The second-order valence-electron chi connectivity index (χ2n) is 3.75. The number of aromatic nitrogens is 1. The molecule has 0 fully saturated rings. The van der Waals surface area contributed by atoms with Crippen LogP contribution in [-0.4, -0.2) is 18.6 Å². The molecule has 0 bridgehead atoms. The molecular weight excluding hydrogens is 220 g/mol. The van der Waals surface area contributed by atoms with Gasteiger partial charge in [0.2, 0.25) is 0 Å². The molecule has 0 saturated carbocycles. The summed E-state index contributed by atoms with van der Waals surface area (Å²) in [7, 11) is 1.84. The molecule has 2 aromatic rings. The van der Waals surface area contributed by atoms with Crippen LogP contribution in [0.25, 0.3) is 11.1 Å². The Morgan fingerprint density at radius 1 is 1.59 bits per heavy atom. The minimum atomic E-state index is -0.503. The van der Waals surface area contributed by atoms with Crippen molar-refractivity contribution >= 4 is 22.5 Å². The Hall–Kier alpha value is -2.42. The van der Waals surface area contributed by atoms with Crippen molar-refractivity contribution in [3.8, 4) is 6.07 Å². The van der Waals surface area contributed by atoms with E-state index in [0.29, 0.717) is 29.8 Å². The van der Waals surface area contributed by atoms with Gasteiger partial charge in [-0.25, -0.2) is 4.79 Å². The van der Waals surface area contributed by atoms with Gasteiger partial charge in [-0.1, -0.05) is 0 Å². The van der Waals surface area contributed by atoms with E-state index in [2.05, 4.69) is 11.1 Å². The average molecular weight is 232 g/mol. The quantitative estimate of drug-likeness (QED) is 0.770. The molecule has 0 unspecified atom stereocenters. The number of H-pyrrole nitrogens is 1. The SMILES string of the molecule is CN(CCC#N)c1cc2[nH]c(=O)oc2cc1N. The summed E-state index contributed by atoms with van der Waals surface area (Å²) in [5.74, 6) is -0.503. The first-order valence-corrected chi connectivity index (χ1v) is 5.12. The number of anilines is 2. The Balaban J connectivity index is 2.43. The van der Waals surface area contributed by atoms with E-state index in [1.54, 1.807) is 12.1 Å². The number of hydrogen-bond acceptors (Lipinski definition) is 5. The van der Waals surface area contributed by atoms with E-state index in [1.165, 1.54) is 0 Å². The summed E-state index contributed by atoms with van der Waals surface area (Å²) >= 11 is 0. The predicted octanol–water partition coefficient (Wildman–Crippen LogP) is 1.05. The summed E-state index contributed by atoms with van der Waals surface area (Å²) in [5.41, 5.74) is 8.19. The van der Waals surface area contributed by atoms with Crippen LogP contribution in [0, 0.1) is 11.3 Å². The number of nitrogens with zero attached hydrogens (tertiary/aromatic N) is 2. The van der Waals surface area contributed by atoms with Crippen molar-refractivity contribution in [1.29, 1.82) is 5.26 Å². The smallest absolute Gasteiger partial charge is 0.408 e. The molecule has 0 saturated heterocycles. The highest BCUT2D eigenvalue weighted by atomic mass is 16.4. The Morgan fingerprint density at radius 2 is 2.35 bits per heavy atom. The Bertz CT molecular complexity index is 635. The first-order chi connectivity index (χ1) is 8.11. The molecule has 2 rings (SSSR count). The van der Waals surface area contributed by atoms with E-state index in [4.69, 9.17) is 15.4 Å². The molecular formula is C11H12N4O2. The van der Waals surface area contributed by atoms with Crippen molar-refractivity contribution in [3.05, 3.63) is 22.7 Å². The summed E-state index contributed by atoms with van der Waals surface area (Å²) in [6.07, 6.45) is 0.413. The number of rotatable bonds is 3. The molecule has 0 aliphatic rings. The lowest BCUT2D eigenvalue weighted by atomic mass is 10.2. The maximum Gasteiger partial charge on any atom is 0.417 e. The van der Waals surface area contributed by atoms with Crippen LogP contribution in [0.5, 0.6) is 0 Å². The van der Waals surface area contributed by atoms with Gasteiger partial charge in [0.05, 0.1) is 29.4 Å². The molecule has 0 atom stereocenters. The van der Waals surface area contributed by atoms with Gasteiger partial charge in [0.25, 0.3) is 0 Å². The van der Waals surface area contributed by atoms with Gasteiger partial charge in [-0.05, 0) is 6.07 Å². The fourth-order valence-electron chi connectivity index (χ4n) is 1.67. The van der Waals surface area contributed by atoms with Crippen LogP contribution < -0.4 is 16.4 Å². The van der Waals surface area contributed by atoms with Crippen LogP contribution in [0.2, 0.25) is 0 Å². The van der Waals surface area contributed by atoms with Crippen LogP contribution in [0.4, 0.5) is 11.4 Å². The highest BCUT2D eigenvalue weighted by Gasteiger charge is 2.09. The molecule has 1 heterocycles. The zero-order valence-electron chi connectivity index (χ0n) is 9.36. The summed E-state index contributed by atoms with van der Waals surface area (Å²) in [5, 5.41) is 8.54. The lowest BCUT2D eigenvalue weighted by Gasteiger charge is -2.19. The average Bonchev–Trinajstić information content (AvgIpc) is 2.64.